The van der Waals surface area contributed by atoms with Crippen LogP contribution in [0.1, 0.15) is 18.4 Å². The fourth-order valence-electron chi connectivity index (χ4n) is 1.25. The first-order valence-electron chi connectivity index (χ1n) is 4.69. The van der Waals surface area contributed by atoms with E-state index in [1.165, 1.54) is 5.56 Å². The molecule has 0 atom stereocenters. The van der Waals surface area contributed by atoms with E-state index in [4.69, 9.17) is 10.5 Å². The maximum absolute atomic E-state index is 5.89. The third kappa shape index (κ3) is 3.29. The van der Waals surface area contributed by atoms with Crippen LogP contribution in [0.4, 0.5) is 0 Å². The van der Waals surface area contributed by atoms with Crippen LogP contribution in [-0.2, 0) is 11.3 Å². The van der Waals surface area contributed by atoms with Gasteiger partial charge in [0.15, 0.2) is 0 Å². The van der Waals surface area contributed by atoms with Gasteiger partial charge in [0.05, 0.1) is 13.2 Å². The van der Waals surface area contributed by atoms with E-state index in [1.54, 1.807) is 0 Å². The summed E-state index contributed by atoms with van der Waals surface area (Å²) in [4.78, 5) is 0. The molecule has 1 saturated carbocycles. The molecule has 3 heteroatoms. The van der Waals surface area contributed by atoms with E-state index >= 15 is 0 Å². The lowest BCUT2D eigenvalue weighted by molar-refractivity contribution is 0.102. The molecule has 0 aliphatic heterocycles. The van der Waals surface area contributed by atoms with E-state index < -0.39 is 0 Å². The van der Waals surface area contributed by atoms with Crippen LogP contribution in [0, 0.1) is 0 Å². The van der Waals surface area contributed by atoms with Crippen molar-refractivity contribution in [3.05, 3.63) is 35.9 Å². The van der Waals surface area contributed by atoms with E-state index in [0.717, 1.165) is 12.8 Å². The Morgan fingerprint density at radius 3 is 2.43 bits per heavy atom. The average molecular weight is 214 g/mol. The smallest absolute Gasteiger partial charge is 0.0717 e. The summed E-state index contributed by atoms with van der Waals surface area (Å²) >= 11 is 0. The van der Waals surface area contributed by atoms with E-state index in [9.17, 15) is 0 Å². The second kappa shape index (κ2) is 4.78. The maximum Gasteiger partial charge on any atom is 0.0717 e. The molecule has 1 aromatic carbocycles. The molecule has 1 aliphatic carbocycles. The molecular formula is C11H16ClNO. The van der Waals surface area contributed by atoms with E-state index in [-0.39, 0.29) is 17.9 Å². The minimum atomic E-state index is 0. The molecule has 1 aromatic rings. The van der Waals surface area contributed by atoms with Gasteiger partial charge in [0.2, 0.25) is 0 Å². The van der Waals surface area contributed by atoms with Crippen molar-refractivity contribution in [2.75, 3.05) is 6.61 Å². The minimum absolute atomic E-state index is 0. The number of hydrogen-bond acceptors (Lipinski definition) is 2. The molecule has 2 N–H and O–H groups in total. The van der Waals surface area contributed by atoms with Crippen molar-refractivity contribution in [3.8, 4) is 0 Å². The summed E-state index contributed by atoms with van der Waals surface area (Å²) in [6.45, 7) is 1.38. The van der Waals surface area contributed by atoms with Crippen LogP contribution in [0.5, 0.6) is 0 Å². The summed E-state index contributed by atoms with van der Waals surface area (Å²) in [5.41, 5.74) is 7.11. The summed E-state index contributed by atoms with van der Waals surface area (Å²) in [5, 5.41) is 0. The highest BCUT2D eigenvalue weighted by Crippen LogP contribution is 2.32. The Balaban J connectivity index is 0.000000980. The van der Waals surface area contributed by atoms with Crippen LogP contribution < -0.4 is 5.73 Å². The number of benzene rings is 1. The van der Waals surface area contributed by atoms with Crippen molar-refractivity contribution < 1.29 is 4.74 Å². The largest absolute Gasteiger partial charge is 0.375 e. The molecule has 1 fully saturated rings. The van der Waals surface area contributed by atoms with Gasteiger partial charge in [-0.3, -0.25) is 0 Å². The molecule has 2 rings (SSSR count). The molecule has 0 aromatic heterocycles. The van der Waals surface area contributed by atoms with Gasteiger partial charge in [-0.1, -0.05) is 30.3 Å². The summed E-state index contributed by atoms with van der Waals surface area (Å²) in [5.74, 6) is 0. The van der Waals surface area contributed by atoms with Crippen molar-refractivity contribution >= 4 is 12.4 Å². The first-order chi connectivity index (χ1) is 6.29. The van der Waals surface area contributed by atoms with Gasteiger partial charge < -0.3 is 10.5 Å². The van der Waals surface area contributed by atoms with Crippen LogP contribution in [-0.4, -0.2) is 12.1 Å². The fraction of sp³-hybridized carbons (Fsp3) is 0.455. The molecule has 1 aliphatic rings. The van der Waals surface area contributed by atoms with Crippen molar-refractivity contribution in [2.45, 2.75) is 25.0 Å². The van der Waals surface area contributed by atoms with Gasteiger partial charge in [-0.2, -0.15) is 0 Å². The van der Waals surface area contributed by atoms with Gasteiger partial charge in [0, 0.05) is 5.54 Å². The predicted octanol–water partition coefficient (Wildman–Crippen LogP) is 2.12. The topological polar surface area (TPSA) is 35.2 Å². The van der Waals surface area contributed by atoms with Crippen LogP contribution in [0.3, 0.4) is 0 Å². The Kier molecular flexibility index (Phi) is 3.93. The van der Waals surface area contributed by atoms with Gasteiger partial charge in [0.1, 0.15) is 0 Å². The monoisotopic (exact) mass is 213 g/mol. The quantitative estimate of drug-likeness (QED) is 0.832. The second-order valence-electron chi connectivity index (χ2n) is 3.84. The third-order valence-corrected chi connectivity index (χ3v) is 2.39. The van der Waals surface area contributed by atoms with E-state index in [0.29, 0.717) is 13.2 Å². The zero-order valence-electron chi connectivity index (χ0n) is 8.11. The van der Waals surface area contributed by atoms with Crippen LogP contribution >= 0.6 is 12.4 Å². The lowest BCUT2D eigenvalue weighted by Crippen LogP contribution is -2.27. The molecule has 0 heterocycles. The first-order valence-corrected chi connectivity index (χ1v) is 4.69. The Labute approximate surface area is 90.9 Å². The van der Waals surface area contributed by atoms with Crippen LogP contribution in [0.2, 0.25) is 0 Å². The van der Waals surface area contributed by atoms with Gasteiger partial charge in [-0.25, -0.2) is 0 Å². The Morgan fingerprint density at radius 1 is 1.21 bits per heavy atom. The zero-order valence-corrected chi connectivity index (χ0v) is 8.93. The van der Waals surface area contributed by atoms with E-state index in [2.05, 4.69) is 12.1 Å². The molecule has 0 bridgehead atoms. The van der Waals surface area contributed by atoms with Crippen LogP contribution in [0.25, 0.3) is 0 Å². The third-order valence-electron chi connectivity index (χ3n) is 2.39. The number of halogens is 1. The van der Waals surface area contributed by atoms with Gasteiger partial charge in [-0.15, -0.1) is 12.4 Å². The molecule has 0 saturated heterocycles. The molecule has 0 amide bonds. The highest BCUT2D eigenvalue weighted by molar-refractivity contribution is 5.85. The highest BCUT2D eigenvalue weighted by atomic mass is 35.5. The lowest BCUT2D eigenvalue weighted by Gasteiger charge is -2.09. The minimum Gasteiger partial charge on any atom is -0.375 e. The Morgan fingerprint density at radius 2 is 1.86 bits per heavy atom. The summed E-state index contributed by atoms with van der Waals surface area (Å²) < 4.78 is 5.52. The molecule has 14 heavy (non-hydrogen) atoms. The SMILES string of the molecule is Cl.NC1(COCc2ccccc2)CC1. The van der Waals surface area contributed by atoms with Crippen molar-refractivity contribution in [1.82, 2.24) is 0 Å². The summed E-state index contributed by atoms with van der Waals surface area (Å²) in [6.07, 6.45) is 2.23. The summed E-state index contributed by atoms with van der Waals surface area (Å²) in [6, 6.07) is 10.2. The van der Waals surface area contributed by atoms with Crippen molar-refractivity contribution in [2.24, 2.45) is 5.73 Å². The summed E-state index contributed by atoms with van der Waals surface area (Å²) in [7, 11) is 0. The predicted molar refractivity (Wildman–Crippen MR) is 59.5 cm³/mol. The van der Waals surface area contributed by atoms with Crippen molar-refractivity contribution in [3.63, 3.8) is 0 Å². The number of ether oxygens (including phenoxy) is 1. The van der Waals surface area contributed by atoms with E-state index in [1.807, 2.05) is 18.2 Å². The number of nitrogens with two attached hydrogens (primary N) is 1. The van der Waals surface area contributed by atoms with Crippen molar-refractivity contribution in [1.29, 1.82) is 0 Å². The van der Waals surface area contributed by atoms with Gasteiger partial charge in [0.25, 0.3) is 0 Å². The normalized spacial score (nSPS) is 17.2. The fourth-order valence-corrected chi connectivity index (χ4v) is 1.25. The first kappa shape index (κ1) is 11.5. The van der Waals surface area contributed by atoms with Gasteiger partial charge in [-0.05, 0) is 18.4 Å². The standard InChI is InChI=1S/C11H15NO.ClH/c12-11(6-7-11)9-13-8-10-4-2-1-3-5-10;/h1-5H,6-9,12H2;1H. The van der Waals surface area contributed by atoms with Gasteiger partial charge >= 0.3 is 0 Å². The second-order valence-corrected chi connectivity index (χ2v) is 3.84. The Bertz CT molecular complexity index is 272. The molecule has 0 unspecified atom stereocenters. The van der Waals surface area contributed by atoms with Crippen LogP contribution in [0.15, 0.2) is 30.3 Å². The molecule has 2 nitrogen and oxygen atoms in total. The zero-order chi connectivity index (χ0) is 9.15. The molecular weight excluding hydrogens is 198 g/mol. The lowest BCUT2D eigenvalue weighted by atomic mass is 10.2. The Hall–Kier alpha value is -0.570. The molecule has 0 spiro atoms. The maximum atomic E-state index is 5.89. The molecule has 78 valence electrons. The number of hydrogen-bond donors (Lipinski definition) is 1. The average Bonchev–Trinajstić information content (AvgIpc) is 2.86. The number of rotatable bonds is 4. The molecule has 0 radical (unpaired) electrons. The highest BCUT2D eigenvalue weighted by Gasteiger charge is 2.38.